The molecule has 0 saturated carbocycles. The molecule has 160 valence electrons. The van der Waals surface area contributed by atoms with E-state index in [0.29, 0.717) is 42.1 Å². The molecular weight excluding hydrogens is 411 g/mol. The quantitative estimate of drug-likeness (QED) is 0.531. The third-order valence-corrected chi connectivity index (χ3v) is 5.55. The van der Waals surface area contributed by atoms with Gasteiger partial charge < -0.3 is 10.0 Å². The maximum absolute atomic E-state index is 12.9. The number of halogens is 3. The number of rotatable bonds is 2. The summed E-state index contributed by atoms with van der Waals surface area (Å²) in [5.74, 6) is 0.129. The van der Waals surface area contributed by atoms with Gasteiger partial charge in [0.05, 0.1) is 17.2 Å². The number of fused-ring (bicyclic) bond motifs is 3. The minimum absolute atomic E-state index is 0.170. The summed E-state index contributed by atoms with van der Waals surface area (Å²) in [7, 11) is 1.75. The fourth-order valence-corrected chi connectivity index (χ4v) is 4.05. The lowest BCUT2D eigenvalue weighted by Crippen LogP contribution is -2.29. The zero-order chi connectivity index (χ0) is 21.9. The van der Waals surface area contributed by atoms with Gasteiger partial charge in [0.1, 0.15) is 5.82 Å². The molecule has 4 aromatic rings. The Labute approximate surface area is 174 Å². The Morgan fingerprint density at radius 2 is 2.00 bits per heavy atom. The molecule has 7 nitrogen and oxygen atoms in total. The summed E-state index contributed by atoms with van der Waals surface area (Å²) in [6.45, 7) is 0.798. The van der Waals surface area contributed by atoms with Crippen LogP contribution in [-0.2, 0) is 13.2 Å². The van der Waals surface area contributed by atoms with Crippen molar-refractivity contribution in [2.45, 2.75) is 18.7 Å². The number of aliphatic hydroxyl groups is 1. The van der Waals surface area contributed by atoms with Gasteiger partial charge in [0.2, 0.25) is 0 Å². The third kappa shape index (κ3) is 3.23. The first-order valence-corrected chi connectivity index (χ1v) is 9.71. The Morgan fingerprint density at radius 1 is 1.19 bits per heavy atom. The van der Waals surface area contributed by atoms with Gasteiger partial charge in [-0.15, -0.1) is 0 Å². The van der Waals surface area contributed by atoms with E-state index in [1.54, 1.807) is 45.6 Å². The molecule has 1 aliphatic rings. The first-order chi connectivity index (χ1) is 14.7. The number of carbonyl (C=O) groups is 1. The molecule has 4 heterocycles. The lowest BCUT2D eigenvalue weighted by molar-refractivity contribution is -0.137. The van der Waals surface area contributed by atoms with E-state index in [1.807, 2.05) is 0 Å². The average molecular weight is 429 g/mol. The smallest absolute Gasteiger partial charge is 0.391 e. The molecule has 0 aliphatic carbocycles. The minimum Gasteiger partial charge on any atom is -0.391 e. The molecule has 0 radical (unpaired) electrons. The van der Waals surface area contributed by atoms with Crippen molar-refractivity contribution in [2.75, 3.05) is 13.1 Å². The van der Waals surface area contributed by atoms with Crippen LogP contribution >= 0.6 is 0 Å². The predicted molar refractivity (Wildman–Crippen MR) is 107 cm³/mol. The third-order valence-electron chi connectivity index (χ3n) is 5.55. The van der Waals surface area contributed by atoms with Crippen molar-refractivity contribution in [3.05, 3.63) is 53.9 Å². The summed E-state index contributed by atoms with van der Waals surface area (Å²) >= 11 is 0. The zero-order valence-electron chi connectivity index (χ0n) is 16.5. The van der Waals surface area contributed by atoms with Crippen LogP contribution in [0.4, 0.5) is 13.2 Å². The van der Waals surface area contributed by atoms with Crippen molar-refractivity contribution in [1.82, 2.24) is 24.2 Å². The molecule has 1 aromatic carbocycles. The van der Waals surface area contributed by atoms with Gasteiger partial charge in [-0.05, 0) is 36.8 Å². The SMILES string of the molecule is Cn1cc2c3cc(C(=O)N4CC[C@H](O)C4)ccc3n(-c3ccc(C(F)(F)F)cn3)c2n1. The molecule has 0 unspecified atom stereocenters. The number of likely N-dealkylation sites (tertiary alicyclic amines) is 1. The van der Waals surface area contributed by atoms with Crippen LogP contribution in [0.5, 0.6) is 0 Å². The van der Waals surface area contributed by atoms with Crippen molar-refractivity contribution in [2.24, 2.45) is 7.05 Å². The van der Waals surface area contributed by atoms with Crippen molar-refractivity contribution in [3.8, 4) is 5.82 Å². The number of aliphatic hydroxyl groups excluding tert-OH is 1. The van der Waals surface area contributed by atoms with E-state index in [4.69, 9.17) is 0 Å². The van der Waals surface area contributed by atoms with Gasteiger partial charge in [-0.1, -0.05) is 0 Å². The number of amides is 1. The summed E-state index contributed by atoms with van der Waals surface area (Å²) in [6.07, 6.45) is -1.83. The molecule has 1 saturated heterocycles. The predicted octanol–water partition coefficient (Wildman–Crippen LogP) is 3.14. The van der Waals surface area contributed by atoms with E-state index in [2.05, 4.69) is 10.1 Å². The summed E-state index contributed by atoms with van der Waals surface area (Å²) < 4.78 is 42.1. The summed E-state index contributed by atoms with van der Waals surface area (Å²) in [4.78, 5) is 18.5. The van der Waals surface area contributed by atoms with Crippen LogP contribution in [0.25, 0.3) is 27.8 Å². The van der Waals surface area contributed by atoms with E-state index in [-0.39, 0.29) is 5.91 Å². The molecule has 5 rings (SSSR count). The molecule has 0 spiro atoms. The Bertz CT molecular complexity index is 1310. The summed E-state index contributed by atoms with van der Waals surface area (Å²) in [5, 5.41) is 15.7. The largest absolute Gasteiger partial charge is 0.417 e. The van der Waals surface area contributed by atoms with Crippen LogP contribution in [0, 0.1) is 0 Å². The molecule has 1 atom stereocenters. The summed E-state index contributed by atoms with van der Waals surface area (Å²) in [5.41, 5.74) is 0.866. The van der Waals surface area contributed by atoms with Gasteiger partial charge in [-0.3, -0.25) is 14.0 Å². The molecule has 1 amide bonds. The number of pyridine rings is 1. The molecule has 10 heteroatoms. The van der Waals surface area contributed by atoms with Crippen LogP contribution in [-0.4, -0.2) is 54.4 Å². The number of β-amino-alcohol motifs (C(OH)–C–C–N with tert-alkyl or cyclic N) is 1. The lowest BCUT2D eigenvalue weighted by atomic mass is 10.1. The van der Waals surface area contributed by atoms with Crippen molar-refractivity contribution in [3.63, 3.8) is 0 Å². The topological polar surface area (TPSA) is 76.2 Å². The van der Waals surface area contributed by atoms with Crippen LogP contribution in [0.1, 0.15) is 22.3 Å². The van der Waals surface area contributed by atoms with Crippen LogP contribution in [0.3, 0.4) is 0 Å². The number of hydrogen-bond donors (Lipinski definition) is 1. The highest BCUT2D eigenvalue weighted by atomic mass is 19.4. The number of aromatic nitrogens is 4. The highest BCUT2D eigenvalue weighted by Gasteiger charge is 2.31. The Kier molecular flexibility index (Phi) is 4.30. The maximum atomic E-state index is 12.9. The van der Waals surface area contributed by atoms with E-state index in [9.17, 15) is 23.1 Å². The fraction of sp³-hybridized carbons (Fsp3) is 0.286. The van der Waals surface area contributed by atoms with Crippen molar-refractivity contribution >= 4 is 27.8 Å². The molecular formula is C21H18F3N5O2. The Hall–Kier alpha value is -3.40. The first-order valence-electron chi connectivity index (χ1n) is 9.71. The molecule has 1 N–H and O–H groups in total. The van der Waals surface area contributed by atoms with E-state index < -0.39 is 17.8 Å². The molecule has 31 heavy (non-hydrogen) atoms. The van der Waals surface area contributed by atoms with Crippen molar-refractivity contribution < 1.29 is 23.1 Å². The van der Waals surface area contributed by atoms with Crippen LogP contribution in [0.15, 0.2) is 42.7 Å². The van der Waals surface area contributed by atoms with E-state index >= 15 is 0 Å². The maximum Gasteiger partial charge on any atom is 0.417 e. The second-order valence-electron chi connectivity index (χ2n) is 7.70. The standard InChI is InChI=1S/C21H18F3N5O2/c1-27-11-16-15-8-12(20(31)28-7-6-14(30)10-28)2-4-17(15)29(19(16)26-27)18-5-3-13(9-25-18)21(22,23)24/h2-5,8-9,11,14,30H,6-7,10H2,1H3/t14-/m0/s1. The number of carbonyl (C=O) groups excluding carboxylic acids is 1. The number of nitrogens with zero attached hydrogens (tertiary/aromatic N) is 5. The highest BCUT2D eigenvalue weighted by molar-refractivity contribution is 6.10. The minimum atomic E-state index is -4.47. The van der Waals surface area contributed by atoms with Gasteiger partial charge in [0.15, 0.2) is 5.65 Å². The zero-order valence-corrected chi connectivity index (χ0v) is 16.5. The number of aryl methyl sites for hydroxylation is 1. The van der Waals surface area contributed by atoms with Gasteiger partial charge in [-0.25, -0.2) is 4.98 Å². The second kappa shape index (κ2) is 6.81. The fourth-order valence-electron chi connectivity index (χ4n) is 4.05. The monoisotopic (exact) mass is 429 g/mol. The van der Waals surface area contributed by atoms with Gasteiger partial charge >= 0.3 is 6.18 Å². The number of hydrogen-bond acceptors (Lipinski definition) is 4. The Morgan fingerprint density at radius 3 is 2.65 bits per heavy atom. The van der Waals surface area contributed by atoms with Crippen LogP contribution < -0.4 is 0 Å². The number of alkyl halides is 3. The molecule has 1 fully saturated rings. The first kappa shape index (κ1) is 19.6. The van der Waals surface area contributed by atoms with Crippen molar-refractivity contribution in [1.29, 1.82) is 0 Å². The molecule has 0 bridgehead atoms. The van der Waals surface area contributed by atoms with E-state index in [1.165, 1.54) is 6.07 Å². The number of benzene rings is 1. The van der Waals surface area contributed by atoms with Gasteiger partial charge in [0.25, 0.3) is 5.91 Å². The Balaban J connectivity index is 1.64. The second-order valence-corrected chi connectivity index (χ2v) is 7.70. The lowest BCUT2D eigenvalue weighted by Gasteiger charge is -2.15. The molecule has 3 aromatic heterocycles. The molecule has 1 aliphatic heterocycles. The average Bonchev–Trinajstić information content (AvgIpc) is 3.40. The van der Waals surface area contributed by atoms with Gasteiger partial charge in [0, 0.05) is 48.9 Å². The van der Waals surface area contributed by atoms with E-state index in [0.717, 1.165) is 23.0 Å². The van der Waals surface area contributed by atoms with Crippen LogP contribution in [0.2, 0.25) is 0 Å². The van der Waals surface area contributed by atoms with Gasteiger partial charge in [-0.2, -0.15) is 18.3 Å². The summed E-state index contributed by atoms with van der Waals surface area (Å²) in [6, 6.07) is 7.47. The normalized spacial score (nSPS) is 17.2. The highest BCUT2D eigenvalue weighted by Crippen LogP contribution is 2.33.